The Morgan fingerprint density at radius 3 is 2.43 bits per heavy atom. The van der Waals surface area contributed by atoms with Crippen LogP contribution in [0.5, 0.6) is 0 Å². The Labute approximate surface area is 183 Å². The van der Waals surface area contributed by atoms with Crippen molar-refractivity contribution >= 4 is 27.6 Å². The zero-order valence-electron chi connectivity index (χ0n) is 17.5. The summed E-state index contributed by atoms with van der Waals surface area (Å²) in [6.07, 6.45) is 12.3. The number of allylic oxidation sites excluding steroid dienone is 5. The summed E-state index contributed by atoms with van der Waals surface area (Å²) in [7, 11) is -0.624. The highest BCUT2D eigenvalue weighted by Crippen LogP contribution is 2.38. The van der Waals surface area contributed by atoms with Gasteiger partial charge >= 0.3 is 0 Å². The molecule has 1 heterocycles. The molecular weight excluding hydrogens is 424 g/mol. The predicted octanol–water partition coefficient (Wildman–Crippen LogP) is 0.412. The summed E-state index contributed by atoms with van der Waals surface area (Å²) >= 11 is 1.91. The summed E-state index contributed by atoms with van der Waals surface area (Å²) in [6, 6.07) is 8.75. The van der Waals surface area contributed by atoms with Crippen LogP contribution >= 0.6 is 11.3 Å². The van der Waals surface area contributed by atoms with Crippen molar-refractivity contribution in [2.45, 2.75) is 39.2 Å². The van der Waals surface area contributed by atoms with Gasteiger partial charge in [-0.15, -0.1) is 10.2 Å². The standard InChI is InChI=1S/C22H27N2S.ClHO4/c1-4-24-20-7-5-6-8-21(20)25-22(24)14-16-9-10-17-11-12-19(23(2)3)15-18(17)13-16;2-1(3,4)5/h5-8,13-15,17H,4,9-12H2,1-3H3;(H,2,3,4,5)/q+1;/p-1. The van der Waals surface area contributed by atoms with Crippen LogP contribution in [0.4, 0.5) is 0 Å². The Bertz CT molecular complexity index is 983. The maximum Gasteiger partial charge on any atom is 0.263 e. The van der Waals surface area contributed by atoms with Gasteiger partial charge in [0.05, 0.1) is 0 Å². The normalized spacial score (nSPS) is 20.2. The van der Waals surface area contributed by atoms with E-state index in [1.807, 2.05) is 11.3 Å². The fourth-order valence-corrected chi connectivity index (χ4v) is 5.28. The molecule has 0 radical (unpaired) electrons. The predicted molar refractivity (Wildman–Crippen MR) is 107 cm³/mol. The maximum absolute atomic E-state index is 8.49. The molecule has 0 aliphatic heterocycles. The molecule has 1 atom stereocenters. The Morgan fingerprint density at radius 1 is 1.10 bits per heavy atom. The number of halogens is 1. The molecule has 2 aromatic rings. The Kier molecular flexibility index (Phi) is 7.34. The highest BCUT2D eigenvalue weighted by molar-refractivity contribution is 7.18. The molecule has 4 rings (SSSR count). The van der Waals surface area contributed by atoms with Gasteiger partial charge in [-0.3, -0.25) is 0 Å². The molecule has 2 aliphatic carbocycles. The minimum absolute atomic E-state index is 0.765. The molecule has 0 spiro atoms. The van der Waals surface area contributed by atoms with Crippen LogP contribution in [0.1, 0.15) is 37.6 Å². The summed E-state index contributed by atoms with van der Waals surface area (Å²) in [6.45, 7) is 3.26. The zero-order valence-corrected chi connectivity index (χ0v) is 19.0. The number of para-hydroxylation sites is 1. The first kappa shape index (κ1) is 22.9. The molecule has 8 heteroatoms. The van der Waals surface area contributed by atoms with Crippen molar-refractivity contribution in [3.05, 3.63) is 58.3 Å². The van der Waals surface area contributed by atoms with E-state index in [0.29, 0.717) is 0 Å². The van der Waals surface area contributed by atoms with E-state index in [-0.39, 0.29) is 0 Å². The molecule has 0 saturated heterocycles. The van der Waals surface area contributed by atoms with E-state index in [0.717, 1.165) is 12.5 Å². The van der Waals surface area contributed by atoms with Crippen LogP contribution in [0.3, 0.4) is 0 Å². The van der Waals surface area contributed by atoms with Crippen LogP contribution in [0.25, 0.3) is 16.3 Å². The number of benzene rings is 1. The smallest absolute Gasteiger partial charge is 0.263 e. The van der Waals surface area contributed by atoms with Gasteiger partial charge in [0.25, 0.3) is 5.01 Å². The molecule has 1 aromatic heterocycles. The van der Waals surface area contributed by atoms with E-state index in [2.05, 4.69) is 73.0 Å². The van der Waals surface area contributed by atoms with Gasteiger partial charge < -0.3 is 4.90 Å². The van der Waals surface area contributed by atoms with E-state index >= 15 is 0 Å². The molecule has 1 unspecified atom stereocenters. The van der Waals surface area contributed by atoms with Crippen molar-refractivity contribution in [1.82, 2.24) is 4.90 Å². The molecule has 6 nitrogen and oxygen atoms in total. The van der Waals surface area contributed by atoms with Crippen molar-refractivity contribution in [1.29, 1.82) is 0 Å². The zero-order chi connectivity index (χ0) is 21.9. The Hall–Kier alpha value is -1.74. The van der Waals surface area contributed by atoms with E-state index < -0.39 is 10.2 Å². The molecule has 0 N–H and O–H groups in total. The quantitative estimate of drug-likeness (QED) is 0.630. The second-order valence-electron chi connectivity index (χ2n) is 7.70. The van der Waals surface area contributed by atoms with Gasteiger partial charge in [0, 0.05) is 31.9 Å². The molecule has 0 bridgehead atoms. The van der Waals surface area contributed by atoms with Crippen molar-refractivity contribution in [3.63, 3.8) is 0 Å². The van der Waals surface area contributed by atoms with E-state index in [4.69, 9.17) is 18.6 Å². The topological polar surface area (TPSA) is 99.4 Å². The first-order valence-corrected chi connectivity index (χ1v) is 12.0. The van der Waals surface area contributed by atoms with E-state index in [9.17, 15) is 0 Å². The number of fused-ring (bicyclic) bond motifs is 2. The van der Waals surface area contributed by atoms with Crippen molar-refractivity contribution in [3.8, 4) is 0 Å². The third-order valence-electron chi connectivity index (χ3n) is 5.52. The lowest BCUT2D eigenvalue weighted by Crippen LogP contribution is -2.68. The minimum atomic E-state index is -4.94. The lowest BCUT2D eigenvalue weighted by atomic mass is 9.78. The van der Waals surface area contributed by atoms with Gasteiger partial charge in [0.15, 0.2) is 0 Å². The van der Waals surface area contributed by atoms with Crippen molar-refractivity contribution in [2.24, 2.45) is 5.92 Å². The maximum atomic E-state index is 8.49. The summed E-state index contributed by atoms with van der Waals surface area (Å²) in [5, 5.41) is 1.38. The molecule has 0 saturated carbocycles. The summed E-state index contributed by atoms with van der Waals surface area (Å²) in [5.74, 6) is 0.765. The first-order valence-electron chi connectivity index (χ1n) is 9.99. The minimum Gasteiger partial charge on any atom is -0.381 e. The Morgan fingerprint density at radius 2 is 1.77 bits per heavy atom. The SMILES string of the molecule is CC[n+]1c(/C=C2/C=C3C=C(N(C)C)CCC3CC2)sc2ccccc21.[O-][Cl+3]([O-])([O-])[O-]. The number of hydrogen-bond acceptors (Lipinski definition) is 6. The molecule has 0 amide bonds. The number of thiazole rings is 1. The van der Waals surface area contributed by atoms with Crippen LogP contribution in [0, 0.1) is 16.2 Å². The number of rotatable bonds is 3. The number of hydrogen-bond donors (Lipinski definition) is 0. The summed E-state index contributed by atoms with van der Waals surface area (Å²) in [4.78, 5) is 2.27. The Balaban J connectivity index is 0.000000461. The van der Waals surface area contributed by atoms with E-state index in [1.54, 1.807) is 0 Å². The van der Waals surface area contributed by atoms with Crippen molar-refractivity contribution < 1.29 is 33.4 Å². The molecule has 2 aliphatic rings. The number of aromatic nitrogens is 1. The molecule has 0 fully saturated rings. The third-order valence-corrected chi connectivity index (χ3v) is 6.64. The second kappa shape index (κ2) is 9.60. The fraction of sp³-hybridized carbons (Fsp3) is 0.409. The van der Waals surface area contributed by atoms with Crippen LogP contribution in [-0.4, -0.2) is 19.0 Å². The summed E-state index contributed by atoms with van der Waals surface area (Å²) in [5.41, 5.74) is 5.85. The molecule has 162 valence electrons. The lowest BCUT2D eigenvalue weighted by molar-refractivity contribution is -2.00. The molecule has 1 aromatic carbocycles. The van der Waals surface area contributed by atoms with Gasteiger partial charge in [0.2, 0.25) is 5.52 Å². The molecular formula is C22H27ClN2O4S. The average Bonchev–Trinajstić information content (AvgIpc) is 3.03. The lowest BCUT2D eigenvalue weighted by Gasteiger charge is -2.31. The first-order chi connectivity index (χ1) is 14.2. The highest BCUT2D eigenvalue weighted by atomic mass is 35.7. The fourth-order valence-electron chi connectivity index (χ4n) is 4.08. The third kappa shape index (κ3) is 5.91. The molecule has 30 heavy (non-hydrogen) atoms. The monoisotopic (exact) mass is 450 g/mol. The second-order valence-corrected chi connectivity index (χ2v) is 9.52. The highest BCUT2D eigenvalue weighted by Gasteiger charge is 2.24. The number of aryl methyl sites for hydroxylation is 1. The van der Waals surface area contributed by atoms with Crippen LogP contribution in [0.15, 0.2) is 53.3 Å². The van der Waals surface area contributed by atoms with Crippen LogP contribution < -0.4 is 23.2 Å². The van der Waals surface area contributed by atoms with E-state index in [1.165, 1.54) is 57.8 Å². The number of nitrogens with zero attached hydrogens (tertiary/aromatic N) is 2. The van der Waals surface area contributed by atoms with Gasteiger partial charge in [-0.05, 0) is 61.8 Å². The van der Waals surface area contributed by atoms with Gasteiger partial charge in [-0.2, -0.15) is 4.57 Å². The van der Waals surface area contributed by atoms with Gasteiger partial charge in [-0.1, -0.05) is 29.5 Å². The van der Waals surface area contributed by atoms with Gasteiger partial charge in [0.1, 0.15) is 11.2 Å². The van der Waals surface area contributed by atoms with Crippen LogP contribution in [-0.2, 0) is 6.54 Å². The van der Waals surface area contributed by atoms with Gasteiger partial charge in [-0.25, -0.2) is 18.6 Å². The van der Waals surface area contributed by atoms with Crippen molar-refractivity contribution in [2.75, 3.05) is 14.1 Å². The van der Waals surface area contributed by atoms with Crippen LogP contribution in [0.2, 0.25) is 0 Å². The largest absolute Gasteiger partial charge is 0.381 e. The average molecular weight is 451 g/mol. The summed E-state index contributed by atoms with van der Waals surface area (Å²) < 4.78 is 37.8.